The highest BCUT2D eigenvalue weighted by atomic mass is 35.5. The average Bonchev–Trinajstić information content (AvgIpc) is 2.84. The molecule has 0 aliphatic heterocycles. The van der Waals surface area contributed by atoms with E-state index in [1.807, 2.05) is 38.1 Å². The van der Waals surface area contributed by atoms with Crippen LogP contribution in [0.4, 0.5) is 0 Å². The summed E-state index contributed by atoms with van der Waals surface area (Å²) >= 11 is 12.7. The van der Waals surface area contributed by atoms with E-state index in [0.29, 0.717) is 22.0 Å². The summed E-state index contributed by atoms with van der Waals surface area (Å²) in [6.45, 7) is 4.92. The van der Waals surface area contributed by atoms with Crippen LogP contribution in [-0.2, 0) is 26.2 Å². The van der Waals surface area contributed by atoms with Crippen LogP contribution in [0.2, 0.25) is 10.0 Å². The van der Waals surface area contributed by atoms with Crippen molar-refractivity contribution in [1.82, 2.24) is 14.5 Å². The zero-order valence-electron chi connectivity index (χ0n) is 21.2. The van der Waals surface area contributed by atoms with Crippen LogP contribution in [0.25, 0.3) is 10.8 Å². The van der Waals surface area contributed by atoms with E-state index >= 15 is 0 Å². The summed E-state index contributed by atoms with van der Waals surface area (Å²) in [5.74, 6) is -0.886. The molecular formula is C27H31Cl2N3O4S. The van der Waals surface area contributed by atoms with Crippen LogP contribution < -0.4 is 5.32 Å². The van der Waals surface area contributed by atoms with Gasteiger partial charge in [-0.3, -0.25) is 9.59 Å². The average molecular weight is 565 g/mol. The van der Waals surface area contributed by atoms with Crippen LogP contribution in [0.1, 0.15) is 32.8 Å². The Bertz CT molecular complexity index is 1380. The fourth-order valence-corrected chi connectivity index (χ4v) is 5.70. The molecular weight excluding hydrogens is 533 g/mol. The fraction of sp³-hybridized carbons (Fsp3) is 0.333. The molecule has 0 aliphatic rings. The third-order valence-corrected chi connectivity index (χ3v) is 8.50. The number of carbonyl (C=O) groups excluding carboxylic acids is 2. The summed E-state index contributed by atoms with van der Waals surface area (Å²) < 4.78 is 27.7. The van der Waals surface area contributed by atoms with Gasteiger partial charge >= 0.3 is 0 Å². The smallest absolute Gasteiger partial charge is 0.243 e. The van der Waals surface area contributed by atoms with E-state index in [1.54, 1.807) is 37.3 Å². The van der Waals surface area contributed by atoms with Gasteiger partial charge in [0.15, 0.2) is 0 Å². The molecule has 2 amide bonds. The first-order valence-corrected chi connectivity index (χ1v) is 14.1. The summed E-state index contributed by atoms with van der Waals surface area (Å²) in [7, 11) is -2.64. The predicted molar refractivity (Wildman–Crippen MR) is 148 cm³/mol. The second kappa shape index (κ2) is 12.3. The standard InChI is InChI=1S/C27H31Cl2N3O4S/c1-5-25(27(34)30-18(2)3)32(16-22-23(28)11-8-12-24(22)29)26(33)17-31(4)37(35,36)21-14-13-19-9-6-7-10-20(19)15-21/h6-15,18,25H,5,16-17H2,1-4H3,(H,30,34)/t25-/m0/s1. The van der Waals surface area contributed by atoms with Gasteiger partial charge in [-0.15, -0.1) is 0 Å². The monoisotopic (exact) mass is 563 g/mol. The van der Waals surface area contributed by atoms with Crippen LogP contribution in [-0.4, -0.2) is 55.1 Å². The molecule has 198 valence electrons. The number of halogens is 2. The number of likely N-dealkylation sites (N-methyl/N-ethyl adjacent to an activating group) is 1. The molecule has 10 heteroatoms. The second-order valence-electron chi connectivity index (χ2n) is 9.08. The number of hydrogen-bond acceptors (Lipinski definition) is 4. The Morgan fingerprint density at radius 3 is 2.16 bits per heavy atom. The Labute approximate surface area is 228 Å². The lowest BCUT2D eigenvalue weighted by atomic mass is 10.1. The maximum atomic E-state index is 13.6. The lowest BCUT2D eigenvalue weighted by Crippen LogP contribution is -2.52. The van der Waals surface area contributed by atoms with Gasteiger partial charge in [-0.05, 0) is 55.3 Å². The molecule has 0 spiro atoms. The Kier molecular flexibility index (Phi) is 9.58. The summed E-state index contributed by atoms with van der Waals surface area (Å²) in [6, 6.07) is 16.3. The minimum absolute atomic E-state index is 0.0504. The van der Waals surface area contributed by atoms with Gasteiger partial charge in [0.2, 0.25) is 21.8 Å². The number of hydrogen-bond donors (Lipinski definition) is 1. The number of fused-ring (bicyclic) bond motifs is 1. The van der Waals surface area contributed by atoms with E-state index in [2.05, 4.69) is 5.32 Å². The van der Waals surface area contributed by atoms with Gasteiger partial charge in [0, 0.05) is 35.2 Å². The first-order valence-electron chi connectivity index (χ1n) is 11.9. The van der Waals surface area contributed by atoms with Gasteiger partial charge in [-0.1, -0.05) is 66.5 Å². The maximum Gasteiger partial charge on any atom is 0.243 e. The number of rotatable bonds is 10. The number of sulfonamides is 1. The molecule has 0 aliphatic carbocycles. The van der Waals surface area contributed by atoms with Crippen LogP contribution in [0.15, 0.2) is 65.6 Å². The number of carbonyl (C=O) groups is 2. The molecule has 1 atom stereocenters. The van der Waals surface area contributed by atoms with Crippen molar-refractivity contribution >= 4 is 55.8 Å². The highest BCUT2D eigenvalue weighted by molar-refractivity contribution is 7.89. The lowest BCUT2D eigenvalue weighted by Gasteiger charge is -2.32. The first-order chi connectivity index (χ1) is 17.4. The van der Waals surface area contributed by atoms with Crippen molar-refractivity contribution in [3.05, 3.63) is 76.3 Å². The number of benzene rings is 3. The molecule has 0 aromatic heterocycles. The minimum Gasteiger partial charge on any atom is -0.352 e. The van der Waals surface area contributed by atoms with Gasteiger partial charge < -0.3 is 10.2 Å². The van der Waals surface area contributed by atoms with Crippen LogP contribution in [0, 0.1) is 0 Å². The predicted octanol–water partition coefficient (Wildman–Crippen LogP) is 5.10. The van der Waals surface area contributed by atoms with Crippen LogP contribution in [0.5, 0.6) is 0 Å². The largest absolute Gasteiger partial charge is 0.352 e. The van der Waals surface area contributed by atoms with Crippen molar-refractivity contribution in [2.24, 2.45) is 0 Å². The van der Waals surface area contributed by atoms with E-state index in [9.17, 15) is 18.0 Å². The van der Waals surface area contributed by atoms with Gasteiger partial charge in [0.05, 0.1) is 11.4 Å². The Hall–Kier alpha value is -2.65. The molecule has 3 aromatic rings. The Morgan fingerprint density at radius 2 is 1.57 bits per heavy atom. The molecule has 37 heavy (non-hydrogen) atoms. The molecule has 1 N–H and O–H groups in total. The van der Waals surface area contributed by atoms with Gasteiger partial charge in [-0.2, -0.15) is 4.31 Å². The topological polar surface area (TPSA) is 86.8 Å². The summed E-state index contributed by atoms with van der Waals surface area (Å²) in [5, 5.41) is 5.22. The zero-order chi connectivity index (χ0) is 27.3. The quantitative estimate of drug-likeness (QED) is 0.371. The SMILES string of the molecule is CC[C@@H](C(=O)NC(C)C)N(Cc1c(Cl)cccc1Cl)C(=O)CN(C)S(=O)(=O)c1ccc2ccccc2c1. The molecule has 0 bridgehead atoms. The molecule has 0 radical (unpaired) electrons. The van der Waals surface area contributed by atoms with E-state index < -0.39 is 28.5 Å². The van der Waals surface area contributed by atoms with Crippen molar-refractivity contribution in [2.45, 2.75) is 50.7 Å². The van der Waals surface area contributed by atoms with Gasteiger partial charge in [0.1, 0.15) is 6.04 Å². The van der Waals surface area contributed by atoms with E-state index in [4.69, 9.17) is 23.2 Å². The van der Waals surface area contributed by atoms with E-state index in [0.717, 1.165) is 15.1 Å². The van der Waals surface area contributed by atoms with E-state index in [1.165, 1.54) is 18.0 Å². The molecule has 0 heterocycles. The van der Waals surface area contributed by atoms with Crippen molar-refractivity contribution in [3.63, 3.8) is 0 Å². The first kappa shape index (κ1) is 28.9. The van der Waals surface area contributed by atoms with Gasteiger partial charge in [0.25, 0.3) is 0 Å². The number of nitrogens with one attached hydrogen (secondary N) is 1. The normalized spacial score (nSPS) is 12.6. The molecule has 0 unspecified atom stereocenters. The van der Waals surface area contributed by atoms with E-state index in [-0.39, 0.29) is 23.4 Å². The van der Waals surface area contributed by atoms with Crippen molar-refractivity contribution < 1.29 is 18.0 Å². The summed E-state index contributed by atoms with van der Waals surface area (Å²) in [4.78, 5) is 28.1. The fourth-order valence-electron chi connectivity index (χ4n) is 4.03. The second-order valence-corrected chi connectivity index (χ2v) is 11.9. The number of amides is 2. The van der Waals surface area contributed by atoms with Gasteiger partial charge in [-0.25, -0.2) is 8.42 Å². The number of nitrogens with zero attached hydrogens (tertiary/aromatic N) is 2. The maximum absolute atomic E-state index is 13.6. The molecule has 0 fully saturated rings. The highest BCUT2D eigenvalue weighted by Crippen LogP contribution is 2.27. The Balaban J connectivity index is 1.93. The molecule has 0 saturated carbocycles. The molecule has 0 saturated heterocycles. The molecule has 7 nitrogen and oxygen atoms in total. The third kappa shape index (κ3) is 6.82. The van der Waals surface area contributed by atoms with Crippen molar-refractivity contribution in [2.75, 3.05) is 13.6 Å². The zero-order valence-corrected chi connectivity index (χ0v) is 23.6. The Morgan fingerprint density at radius 1 is 0.946 bits per heavy atom. The van der Waals surface area contributed by atoms with Crippen LogP contribution >= 0.6 is 23.2 Å². The van der Waals surface area contributed by atoms with Crippen molar-refractivity contribution in [1.29, 1.82) is 0 Å². The lowest BCUT2D eigenvalue weighted by molar-refractivity contribution is -0.141. The minimum atomic E-state index is -3.99. The molecule has 3 rings (SSSR count). The third-order valence-electron chi connectivity index (χ3n) is 5.99. The molecule has 3 aromatic carbocycles. The summed E-state index contributed by atoms with van der Waals surface area (Å²) in [5.41, 5.74) is 0.481. The highest BCUT2D eigenvalue weighted by Gasteiger charge is 2.32. The van der Waals surface area contributed by atoms with Crippen molar-refractivity contribution in [3.8, 4) is 0 Å². The summed E-state index contributed by atoms with van der Waals surface area (Å²) in [6.07, 6.45) is 0.313. The van der Waals surface area contributed by atoms with Crippen LogP contribution in [0.3, 0.4) is 0 Å².